The summed E-state index contributed by atoms with van der Waals surface area (Å²) in [7, 11) is 0. The number of nitrogens with zero attached hydrogens (tertiary/aromatic N) is 2. The Labute approximate surface area is 141 Å². The average Bonchev–Trinajstić information content (AvgIpc) is 2.82. The molecule has 1 aromatic carbocycles. The summed E-state index contributed by atoms with van der Waals surface area (Å²) in [6.45, 7) is 6.42. The van der Waals surface area contributed by atoms with Crippen LogP contribution in [-0.2, 0) is 11.2 Å². The summed E-state index contributed by atoms with van der Waals surface area (Å²) in [4.78, 5) is 12.2. The van der Waals surface area contributed by atoms with Crippen LogP contribution in [0.2, 0.25) is 0 Å². The predicted octanol–water partition coefficient (Wildman–Crippen LogP) is 2.31. The summed E-state index contributed by atoms with van der Waals surface area (Å²) in [6.07, 6.45) is 0.922. The van der Waals surface area contributed by atoms with Gasteiger partial charge in [0.25, 0.3) is 0 Å². The molecule has 130 valence electrons. The van der Waals surface area contributed by atoms with Gasteiger partial charge in [-0.05, 0) is 50.5 Å². The highest BCUT2D eigenvalue weighted by Crippen LogP contribution is 2.18. The Kier molecular flexibility index (Phi) is 6.09. The van der Waals surface area contributed by atoms with Gasteiger partial charge in [0.1, 0.15) is 5.82 Å². The van der Waals surface area contributed by atoms with Gasteiger partial charge in [0.15, 0.2) is 0 Å². The maximum absolute atomic E-state index is 13.1. The van der Waals surface area contributed by atoms with E-state index in [0.29, 0.717) is 13.0 Å². The minimum Gasteiger partial charge on any atom is -0.396 e. The number of benzene rings is 1. The topological polar surface area (TPSA) is 67.2 Å². The smallest absolute Gasteiger partial charge is 0.224 e. The Morgan fingerprint density at radius 2 is 2.00 bits per heavy atom. The molecule has 0 spiro atoms. The predicted molar refractivity (Wildman–Crippen MR) is 90.6 cm³/mol. The molecule has 2 aromatic rings. The second kappa shape index (κ2) is 8.06. The molecule has 5 nitrogen and oxygen atoms in total. The third-order valence-electron chi connectivity index (χ3n) is 4.12. The fourth-order valence-corrected chi connectivity index (χ4v) is 2.60. The van der Waals surface area contributed by atoms with E-state index in [4.69, 9.17) is 5.11 Å². The quantitative estimate of drug-likeness (QED) is 0.817. The van der Waals surface area contributed by atoms with E-state index in [1.165, 1.54) is 12.1 Å². The third-order valence-corrected chi connectivity index (χ3v) is 4.12. The number of nitrogens with one attached hydrogen (secondary N) is 1. The Morgan fingerprint density at radius 1 is 1.33 bits per heavy atom. The highest BCUT2D eigenvalue weighted by atomic mass is 19.1. The van der Waals surface area contributed by atoms with Gasteiger partial charge in [-0.2, -0.15) is 5.10 Å². The molecule has 1 heterocycles. The zero-order valence-corrected chi connectivity index (χ0v) is 14.3. The number of rotatable bonds is 7. The number of hydrogen-bond acceptors (Lipinski definition) is 3. The first-order valence-corrected chi connectivity index (χ1v) is 8.11. The van der Waals surface area contributed by atoms with Crippen molar-refractivity contribution in [1.82, 2.24) is 15.1 Å². The van der Waals surface area contributed by atoms with Crippen LogP contribution in [0.3, 0.4) is 0 Å². The molecule has 1 aromatic heterocycles. The standard InChI is InChI=1S/C18H24FN3O2/c1-12(8-9-23)11-20-18(24)10-17-13(2)21-22(14(17)3)16-6-4-15(19)5-7-16/h4-7,12,23H,8-11H2,1-3H3,(H,20,24). The minimum absolute atomic E-state index is 0.0651. The summed E-state index contributed by atoms with van der Waals surface area (Å²) in [5.74, 6) is -0.121. The number of carbonyl (C=O) groups excluding carboxylic acids is 1. The van der Waals surface area contributed by atoms with Crippen molar-refractivity contribution >= 4 is 5.91 Å². The second-order valence-corrected chi connectivity index (χ2v) is 6.14. The lowest BCUT2D eigenvalue weighted by atomic mass is 10.1. The van der Waals surface area contributed by atoms with Crippen LogP contribution in [0.5, 0.6) is 0 Å². The lowest BCUT2D eigenvalue weighted by Gasteiger charge is -2.11. The Hall–Kier alpha value is -2.21. The van der Waals surface area contributed by atoms with Crippen molar-refractivity contribution in [2.75, 3.05) is 13.2 Å². The molecule has 0 aliphatic carbocycles. The first-order chi connectivity index (χ1) is 11.4. The minimum atomic E-state index is -0.295. The van der Waals surface area contributed by atoms with E-state index >= 15 is 0 Å². The van der Waals surface area contributed by atoms with Crippen molar-refractivity contribution < 1.29 is 14.3 Å². The Morgan fingerprint density at radius 3 is 2.62 bits per heavy atom. The van der Waals surface area contributed by atoms with Crippen LogP contribution in [0.15, 0.2) is 24.3 Å². The summed E-state index contributed by atoms with van der Waals surface area (Å²) in [6, 6.07) is 6.10. The van der Waals surface area contributed by atoms with E-state index in [0.717, 1.165) is 22.6 Å². The molecule has 0 bridgehead atoms. The molecule has 24 heavy (non-hydrogen) atoms. The molecule has 2 rings (SSSR count). The largest absolute Gasteiger partial charge is 0.396 e. The van der Waals surface area contributed by atoms with Crippen molar-refractivity contribution in [3.8, 4) is 5.69 Å². The van der Waals surface area contributed by atoms with Gasteiger partial charge in [-0.1, -0.05) is 6.92 Å². The molecule has 0 saturated carbocycles. The molecular formula is C18H24FN3O2. The number of aliphatic hydroxyl groups is 1. The van der Waals surface area contributed by atoms with Crippen LogP contribution >= 0.6 is 0 Å². The highest BCUT2D eigenvalue weighted by molar-refractivity contribution is 5.79. The molecule has 2 N–H and O–H groups in total. The SMILES string of the molecule is Cc1nn(-c2ccc(F)cc2)c(C)c1CC(=O)NCC(C)CCO. The van der Waals surface area contributed by atoms with E-state index in [1.54, 1.807) is 16.8 Å². The Bertz CT molecular complexity index is 695. The summed E-state index contributed by atoms with van der Waals surface area (Å²) in [5.41, 5.74) is 3.31. The van der Waals surface area contributed by atoms with Crippen molar-refractivity contribution in [3.05, 3.63) is 47.0 Å². The number of halogens is 1. The average molecular weight is 333 g/mol. The number of amides is 1. The van der Waals surface area contributed by atoms with Crippen LogP contribution in [0.25, 0.3) is 5.69 Å². The van der Waals surface area contributed by atoms with Gasteiger partial charge in [0.2, 0.25) is 5.91 Å². The molecule has 1 amide bonds. The van der Waals surface area contributed by atoms with E-state index in [9.17, 15) is 9.18 Å². The molecule has 1 unspecified atom stereocenters. The summed E-state index contributed by atoms with van der Waals surface area (Å²) < 4.78 is 14.8. The monoisotopic (exact) mass is 333 g/mol. The maximum Gasteiger partial charge on any atom is 0.224 e. The molecule has 0 saturated heterocycles. The molecular weight excluding hydrogens is 309 g/mol. The number of aryl methyl sites for hydroxylation is 1. The van der Waals surface area contributed by atoms with Crippen molar-refractivity contribution in [1.29, 1.82) is 0 Å². The van der Waals surface area contributed by atoms with Gasteiger partial charge in [-0.25, -0.2) is 9.07 Å². The van der Waals surface area contributed by atoms with Gasteiger partial charge in [-0.3, -0.25) is 4.79 Å². The van der Waals surface area contributed by atoms with Crippen molar-refractivity contribution in [2.45, 2.75) is 33.6 Å². The summed E-state index contributed by atoms with van der Waals surface area (Å²) >= 11 is 0. The number of aromatic nitrogens is 2. The van der Waals surface area contributed by atoms with E-state index in [2.05, 4.69) is 10.4 Å². The van der Waals surface area contributed by atoms with Gasteiger partial charge in [-0.15, -0.1) is 0 Å². The number of carbonyl (C=O) groups is 1. The van der Waals surface area contributed by atoms with Gasteiger partial charge < -0.3 is 10.4 Å². The van der Waals surface area contributed by atoms with Crippen LogP contribution in [-0.4, -0.2) is 33.9 Å². The van der Waals surface area contributed by atoms with E-state index in [1.807, 2.05) is 20.8 Å². The summed E-state index contributed by atoms with van der Waals surface area (Å²) in [5, 5.41) is 16.2. The lowest BCUT2D eigenvalue weighted by molar-refractivity contribution is -0.120. The highest BCUT2D eigenvalue weighted by Gasteiger charge is 2.16. The van der Waals surface area contributed by atoms with Crippen molar-refractivity contribution in [2.24, 2.45) is 5.92 Å². The molecule has 0 aliphatic rings. The normalized spacial score (nSPS) is 12.2. The number of hydrogen-bond donors (Lipinski definition) is 2. The van der Waals surface area contributed by atoms with Crippen molar-refractivity contribution in [3.63, 3.8) is 0 Å². The van der Waals surface area contributed by atoms with E-state index in [-0.39, 0.29) is 30.7 Å². The zero-order chi connectivity index (χ0) is 17.7. The van der Waals surface area contributed by atoms with E-state index < -0.39 is 0 Å². The molecule has 6 heteroatoms. The fourth-order valence-electron chi connectivity index (χ4n) is 2.60. The first kappa shape index (κ1) is 18.1. The second-order valence-electron chi connectivity index (χ2n) is 6.14. The van der Waals surface area contributed by atoms with Gasteiger partial charge in [0.05, 0.1) is 17.8 Å². The molecule has 1 atom stereocenters. The van der Waals surface area contributed by atoms with Gasteiger partial charge in [0, 0.05) is 24.4 Å². The van der Waals surface area contributed by atoms with Crippen LogP contribution in [0.1, 0.15) is 30.3 Å². The maximum atomic E-state index is 13.1. The van der Waals surface area contributed by atoms with Crippen LogP contribution < -0.4 is 5.32 Å². The fraction of sp³-hybridized carbons (Fsp3) is 0.444. The van der Waals surface area contributed by atoms with Crippen LogP contribution in [0, 0.1) is 25.6 Å². The molecule has 0 fully saturated rings. The first-order valence-electron chi connectivity index (χ1n) is 8.11. The van der Waals surface area contributed by atoms with Crippen LogP contribution in [0.4, 0.5) is 4.39 Å². The lowest BCUT2D eigenvalue weighted by Crippen LogP contribution is -2.30. The third kappa shape index (κ3) is 4.41. The molecule has 0 radical (unpaired) electrons. The van der Waals surface area contributed by atoms with Gasteiger partial charge >= 0.3 is 0 Å². The number of aliphatic hydroxyl groups excluding tert-OH is 1. The zero-order valence-electron chi connectivity index (χ0n) is 14.3. The Balaban J connectivity index is 2.08. The molecule has 0 aliphatic heterocycles.